The maximum atomic E-state index is 12.9. The summed E-state index contributed by atoms with van der Waals surface area (Å²) < 4.78 is 0. The molecule has 2 fully saturated rings. The van der Waals surface area contributed by atoms with Gasteiger partial charge in [-0.2, -0.15) is 0 Å². The van der Waals surface area contributed by atoms with Gasteiger partial charge in [0.1, 0.15) is 0 Å². The Morgan fingerprint density at radius 1 is 1.26 bits per heavy atom. The zero-order valence-corrected chi connectivity index (χ0v) is 17.3. The summed E-state index contributed by atoms with van der Waals surface area (Å²) in [6.45, 7) is 3.85. The lowest BCUT2D eigenvalue weighted by molar-refractivity contribution is -0.139. The first-order chi connectivity index (χ1) is 12.9. The van der Waals surface area contributed by atoms with Crippen LogP contribution in [0.25, 0.3) is 0 Å². The Morgan fingerprint density at radius 2 is 2.00 bits per heavy atom. The average molecular weight is 392 g/mol. The van der Waals surface area contributed by atoms with Crippen molar-refractivity contribution >= 4 is 23.6 Å². The number of rotatable bonds is 5. The number of carbonyl (C=O) groups is 2. The summed E-state index contributed by atoms with van der Waals surface area (Å²) >= 11 is 1.46. The Balaban J connectivity index is 1.68. The number of hydrogen-bond donors (Lipinski definition) is 0. The quantitative estimate of drug-likeness (QED) is 0.561. The van der Waals surface area contributed by atoms with E-state index in [9.17, 15) is 9.59 Å². The Bertz CT molecular complexity index is 681. The highest BCUT2D eigenvalue weighted by molar-refractivity contribution is 7.98. The van der Waals surface area contributed by atoms with Crippen molar-refractivity contribution in [3.63, 3.8) is 0 Å². The van der Waals surface area contributed by atoms with Crippen molar-refractivity contribution in [1.82, 2.24) is 24.7 Å². The zero-order chi connectivity index (χ0) is 19.4. The summed E-state index contributed by atoms with van der Waals surface area (Å²) in [6.07, 6.45) is 8.66. The van der Waals surface area contributed by atoms with Crippen LogP contribution >= 0.6 is 11.8 Å². The molecular formula is C19H29N5O2S. The molecule has 0 bridgehead atoms. The number of thioether (sulfide) groups is 1. The first-order valence-electron chi connectivity index (χ1n) is 9.50. The van der Waals surface area contributed by atoms with Gasteiger partial charge < -0.3 is 14.7 Å². The first-order valence-corrected chi connectivity index (χ1v) is 10.7. The van der Waals surface area contributed by atoms with E-state index in [0.29, 0.717) is 23.7 Å². The average Bonchev–Trinajstić information content (AvgIpc) is 2.68. The molecule has 2 amide bonds. The monoisotopic (exact) mass is 391 g/mol. The SMILES string of the molecule is CSc1ncc(C(=O)N2CCCC3(CCC(=O)N(CCN(C)C)C3)C2)cn1. The minimum Gasteiger partial charge on any atom is -0.341 e. The second kappa shape index (κ2) is 8.56. The van der Waals surface area contributed by atoms with Crippen LogP contribution in [0.2, 0.25) is 0 Å². The van der Waals surface area contributed by atoms with Crippen LogP contribution in [0, 0.1) is 5.41 Å². The van der Waals surface area contributed by atoms with Gasteiger partial charge in [-0.15, -0.1) is 0 Å². The van der Waals surface area contributed by atoms with Gasteiger partial charge in [0.15, 0.2) is 5.16 Å². The Labute approximate surface area is 165 Å². The van der Waals surface area contributed by atoms with Crippen LogP contribution in [-0.4, -0.2) is 89.6 Å². The Morgan fingerprint density at radius 3 is 2.67 bits per heavy atom. The highest BCUT2D eigenvalue weighted by atomic mass is 32.2. The molecule has 2 saturated heterocycles. The van der Waals surface area contributed by atoms with E-state index in [4.69, 9.17) is 0 Å². The third kappa shape index (κ3) is 4.79. The van der Waals surface area contributed by atoms with Crippen LogP contribution < -0.4 is 0 Å². The summed E-state index contributed by atoms with van der Waals surface area (Å²) in [6, 6.07) is 0. The van der Waals surface area contributed by atoms with Crippen LogP contribution in [0.5, 0.6) is 0 Å². The lowest BCUT2D eigenvalue weighted by atomic mass is 9.73. The van der Waals surface area contributed by atoms with E-state index in [0.717, 1.165) is 45.4 Å². The summed E-state index contributed by atoms with van der Waals surface area (Å²) in [5, 5.41) is 0.670. The molecule has 2 aliphatic heterocycles. The van der Waals surface area contributed by atoms with Gasteiger partial charge in [0, 0.05) is 57.0 Å². The number of amides is 2. The van der Waals surface area contributed by atoms with Crippen LogP contribution in [0.1, 0.15) is 36.0 Å². The topological polar surface area (TPSA) is 69.6 Å². The van der Waals surface area contributed by atoms with Gasteiger partial charge in [-0.3, -0.25) is 9.59 Å². The van der Waals surface area contributed by atoms with Gasteiger partial charge in [-0.05, 0) is 39.6 Å². The molecule has 3 heterocycles. The highest BCUT2D eigenvalue weighted by Crippen LogP contribution is 2.39. The smallest absolute Gasteiger partial charge is 0.257 e. The lowest BCUT2D eigenvalue weighted by Gasteiger charge is -2.48. The fourth-order valence-electron chi connectivity index (χ4n) is 4.06. The van der Waals surface area contributed by atoms with Gasteiger partial charge >= 0.3 is 0 Å². The minimum absolute atomic E-state index is 0.00142. The number of piperidine rings is 2. The van der Waals surface area contributed by atoms with E-state index in [-0.39, 0.29) is 17.2 Å². The van der Waals surface area contributed by atoms with E-state index in [1.165, 1.54) is 11.8 Å². The molecule has 0 saturated carbocycles. The number of likely N-dealkylation sites (N-methyl/N-ethyl adjacent to an activating group) is 1. The van der Waals surface area contributed by atoms with E-state index in [2.05, 4.69) is 14.9 Å². The van der Waals surface area contributed by atoms with Gasteiger partial charge in [-0.25, -0.2) is 9.97 Å². The van der Waals surface area contributed by atoms with Crippen molar-refractivity contribution in [3.8, 4) is 0 Å². The first kappa shape index (κ1) is 20.1. The summed E-state index contributed by atoms with van der Waals surface area (Å²) in [7, 11) is 4.05. The van der Waals surface area contributed by atoms with Crippen LogP contribution in [-0.2, 0) is 4.79 Å². The molecule has 27 heavy (non-hydrogen) atoms. The number of carbonyl (C=O) groups excluding carboxylic acids is 2. The number of aromatic nitrogens is 2. The van der Waals surface area contributed by atoms with Crippen molar-refractivity contribution in [2.24, 2.45) is 5.41 Å². The van der Waals surface area contributed by atoms with Gasteiger partial charge in [-0.1, -0.05) is 11.8 Å². The van der Waals surface area contributed by atoms with Crippen LogP contribution in [0.4, 0.5) is 0 Å². The van der Waals surface area contributed by atoms with Gasteiger partial charge in [0.25, 0.3) is 5.91 Å². The minimum atomic E-state index is -0.00142. The van der Waals surface area contributed by atoms with Crippen LogP contribution in [0.3, 0.4) is 0 Å². The molecular weight excluding hydrogens is 362 g/mol. The van der Waals surface area contributed by atoms with Crippen molar-refractivity contribution in [2.75, 3.05) is 53.1 Å². The molecule has 1 aromatic rings. The number of nitrogens with zero attached hydrogens (tertiary/aromatic N) is 5. The molecule has 3 rings (SSSR count). The third-order valence-corrected chi connectivity index (χ3v) is 6.15. The molecule has 0 radical (unpaired) electrons. The Kier molecular flexibility index (Phi) is 6.37. The lowest BCUT2D eigenvalue weighted by Crippen LogP contribution is -2.55. The normalized spacial score (nSPS) is 23.3. The van der Waals surface area contributed by atoms with E-state index in [1.54, 1.807) is 12.4 Å². The zero-order valence-electron chi connectivity index (χ0n) is 16.5. The molecule has 1 aromatic heterocycles. The van der Waals surface area contributed by atoms with E-state index in [1.807, 2.05) is 30.2 Å². The number of hydrogen-bond acceptors (Lipinski definition) is 6. The Hall–Kier alpha value is -1.67. The van der Waals surface area contributed by atoms with Gasteiger partial charge in [0.2, 0.25) is 5.91 Å². The molecule has 1 spiro atoms. The van der Waals surface area contributed by atoms with Crippen molar-refractivity contribution in [1.29, 1.82) is 0 Å². The van der Waals surface area contributed by atoms with E-state index >= 15 is 0 Å². The number of likely N-dealkylation sites (tertiary alicyclic amines) is 2. The molecule has 8 heteroatoms. The molecule has 0 aromatic carbocycles. The molecule has 2 aliphatic rings. The fraction of sp³-hybridized carbons (Fsp3) is 0.684. The van der Waals surface area contributed by atoms with Gasteiger partial charge in [0.05, 0.1) is 5.56 Å². The fourth-order valence-corrected chi connectivity index (χ4v) is 4.37. The van der Waals surface area contributed by atoms with Crippen molar-refractivity contribution in [2.45, 2.75) is 30.8 Å². The third-order valence-electron chi connectivity index (χ3n) is 5.57. The predicted molar refractivity (Wildman–Crippen MR) is 106 cm³/mol. The molecule has 7 nitrogen and oxygen atoms in total. The second-order valence-electron chi connectivity index (χ2n) is 7.91. The summed E-state index contributed by atoms with van der Waals surface area (Å²) in [5.41, 5.74) is 0.565. The molecule has 148 valence electrons. The maximum absolute atomic E-state index is 12.9. The van der Waals surface area contributed by atoms with E-state index < -0.39 is 0 Å². The summed E-state index contributed by atoms with van der Waals surface area (Å²) in [5.74, 6) is 0.241. The highest BCUT2D eigenvalue weighted by Gasteiger charge is 2.42. The van der Waals surface area contributed by atoms with Crippen LogP contribution in [0.15, 0.2) is 17.6 Å². The van der Waals surface area contributed by atoms with Crippen molar-refractivity contribution < 1.29 is 9.59 Å². The molecule has 1 unspecified atom stereocenters. The largest absolute Gasteiger partial charge is 0.341 e. The molecule has 1 atom stereocenters. The summed E-state index contributed by atoms with van der Waals surface area (Å²) in [4.78, 5) is 39.8. The standard InChI is InChI=1S/C19H29N5O2S/c1-22(2)9-10-23-13-19(7-5-16(23)25)6-4-8-24(14-19)17(26)15-11-20-18(27-3)21-12-15/h11-12H,4-10,13-14H2,1-3H3. The van der Waals surface area contributed by atoms with Crippen molar-refractivity contribution in [3.05, 3.63) is 18.0 Å². The molecule has 0 aliphatic carbocycles. The molecule has 0 N–H and O–H groups in total. The second-order valence-corrected chi connectivity index (χ2v) is 8.68. The predicted octanol–water partition coefficient (Wildman–Crippen LogP) is 1.60. The maximum Gasteiger partial charge on any atom is 0.257 e.